The van der Waals surface area contributed by atoms with E-state index in [0.29, 0.717) is 6.61 Å². The smallest absolute Gasteiger partial charge is 0.261 e. The zero-order valence-corrected chi connectivity index (χ0v) is 27.5. The van der Waals surface area contributed by atoms with Crippen LogP contribution in [0, 0.1) is 11.8 Å². The highest BCUT2D eigenvalue weighted by Crippen LogP contribution is 2.47. The van der Waals surface area contributed by atoms with Crippen LogP contribution in [-0.4, -0.2) is 52.3 Å². The number of benzene rings is 2. The minimum atomic E-state index is -2.79. The SMILES string of the molecule is C=C[C@@H](O)C1=C(C)[C@H](O[Si](C)(C)C(C)(C)C)[C@H](CO[Si](c2ccccc2)(c2ccccc2)C(C)(C)C)[C@@H]1CO. The van der Waals surface area contributed by atoms with Gasteiger partial charge in [-0.1, -0.05) is 108 Å². The maximum absolute atomic E-state index is 11.0. The number of hydrogen-bond donors (Lipinski definition) is 2. The molecule has 2 N–H and O–H groups in total. The molecule has 0 saturated carbocycles. The molecule has 0 fully saturated rings. The Morgan fingerprint density at radius 3 is 1.77 bits per heavy atom. The highest BCUT2D eigenvalue weighted by molar-refractivity contribution is 6.99. The topological polar surface area (TPSA) is 58.9 Å². The van der Waals surface area contributed by atoms with E-state index < -0.39 is 22.7 Å². The molecule has 2 aromatic carbocycles. The lowest BCUT2D eigenvalue weighted by Gasteiger charge is -2.45. The van der Waals surface area contributed by atoms with Crippen LogP contribution >= 0.6 is 0 Å². The fraction of sp³-hybridized carbons (Fsp3) is 0.515. The minimum Gasteiger partial charge on any atom is -0.410 e. The molecule has 39 heavy (non-hydrogen) atoms. The molecule has 0 bridgehead atoms. The first kappa shape index (κ1) is 31.7. The molecule has 0 aromatic heterocycles. The van der Waals surface area contributed by atoms with Gasteiger partial charge in [0.25, 0.3) is 8.32 Å². The van der Waals surface area contributed by atoms with Crippen LogP contribution < -0.4 is 10.4 Å². The van der Waals surface area contributed by atoms with Crippen molar-refractivity contribution < 1.29 is 19.1 Å². The lowest BCUT2D eigenvalue weighted by atomic mass is 9.89. The van der Waals surface area contributed by atoms with Gasteiger partial charge in [-0.25, -0.2) is 0 Å². The van der Waals surface area contributed by atoms with E-state index in [4.69, 9.17) is 8.85 Å². The molecular formula is C33H50O4Si2. The zero-order chi connectivity index (χ0) is 29.2. The predicted molar refractivity (Wildman–Crippen MR) is 169 cm³/mol. The molecule has 0 saturated heterocycles. The molecule has 6 heteroatoms. The van der Waals surface area contributed by atoms with Crippen molar-refractivity contribution in [2.24, 2.45) is 11.8 Å². The highest BCUT2D eigenvalue weighted by Gasteiger charge is 2.53. The number of hydrogen-bond acceptors (Lipinski definition) is 4. The van der Waals surface area contributed by atoms with Gasteiger partial charge in [0.15, 0.2) is 8.32 Å². The van der Waals surface area contributed by atoms with Crippen molar-refractivity contribution in [1.29, 1.82) is 0 Å². The first-order valence-electron chi connectivity index (χ1n) is 14.2. The van der Waals surface area contributed by atoms with Gasteiger partial charge >= 0.3 is 0 Å². The second-order valence-electron chi connectivity index (χ2n) is 13.5. The third-order valence-electron chi connectivity index (χ3n) is 9.06. The van der Waals surface area contributed by atoms with Gasteiger partial charge < -0.3 is 19.1 Å². The largest absolute Gasteiger partial charge is 0.410 e. The Kier molecular flexibility index (Phi) is 9.74. The molecule has 0 spiro atoms. The Balaban J connectivity index is 2.14. The van der Waals surface area contributed by atoms with Gasteiger partial charge in [-0.2, -0.15) is 0 Å². The molecule has 2 aromatic rings. The molecule has 0 amide bonds. The van der Waals surface area contributed by atoms with Crippen LogP contribution in [0.1, 0.15) is 48.5 Å². The first-order valence-corrected chi connectivity index (χ1v) is 19.0. The summed E-state index contributed by atoms with van der Waals surface area (Å²) in [6, 6.07) is 21.3. The zero-order valence-electron chi connectivity index (χ0n) is 25.5. The van der Waals surface area contributed by atoms with Crippen LogP contribution in [0.5, 0.6) is 0 Å². The summed E-state index contributed by atoms with van der Waals surface area (Å²) in [6.45, 7) is 24.3. The van der Waals surface area contributed by atoms with E-state index in [-0.39, 0.29) is 34.6 Å². The van der Waals surface area contributed by atoms with Crippen LogP contribution in [-0.2, 0) is 8.85 Å². The van der Waals surface area contributed by atoms with Crippen LogP contribution in [0.25, 0.3) is 0 Å². The summed E-state index contributed by atoms with van der Waals surface area (Å²) in [5.74, 6) is -0.402. The van der Waals surface area contributed by atoms with E-state index in [9.17, 15) is 10.2 Å². The van der Waals surface area contributed by atoms with Gasteiger partial charge in [-0.05, 0) is 51.6 Å². The molecular weight excluding hydrogens is 517 g/mol. The maximum atomic E-state index is 11.0. The maximum Gasteiger partial charge on any atom is 0.261 e. The van der Waals surface area contributed by atoms with Gasteiger partial charge in [0.2, 0.25) is 0 Å². The Morgan fingerprint density at radius 2 is 1.38 bits per heavy atom. The molecule has 0 aliphatic heterocycles. The molecule has 0 radical (unpaired) electrons. The van der Waals surface area contributed by atoms with Gasteiger partial charge in [0.1, 0.15) is 0 Å². The fourth-order valence-electron chi connectivity index (χ4n) is 5.89. The van der Waals surface area contributed by atoms with Crippen LogP contribution in [0.3, 0.4) is 0 Å². The van der Waals surface area contributed by atoms with Crippen molar-refractivity contribution in [3.63, 3.8) is 0 Å². The third-order valence-corrected chi connectivity index (χ3v) is 18.5. The second kappa shape index (κ2) is 12.0. The lowest BCUT2D eigenvalue weighted by Crippen LogP contribution is -2.67. The van der Waals surface area contributed by atoms with Crippen LogP contribution in [0.2, 0.25) is 23.2 Å². The molecule has 0 unspecified atom stereocenters. The van der Waals surface area contributed by atoms with Gasteiger partial charge in [0, 0.05) is 18.4 Å². The second-order valence-corrected chi connectivity index (χ2v) is 22.6. The molecule has 1 aliphatic carbocycles. The predicted octanol–water partition coefficient (Wildman–Crippen LogP) is 6.06. The molecule has 1 aliphatic rings. The molecule has 4 nitrogen and oxygen atoms in total. The minimum absolute atomic E-state index is 0.0190. The molecule has 214 valence electrons. The summed E-state index contributed by atoms with van der Waals surface area (Å²) in [5.41, 5.74) is 1.83. The summed E-state index contributed by atoms with van der Waals surface area (Å²) < 4.78 is 14.4. The van der Waals surface area contributed by atoms with Crippen LogP contribution in [0.15, 0.2) is 84.5 Å². The number of aliphatic hydroxyl groups is 2. The average molecular weight is 567 g/mol. The average Bonchev–Trinajstić information content (AvgIpc) is 3.13. The Bertz CT molecular complexity index is 1090. The van der Waals surface area contributed by atoms with E-state index in [2.05, 4.69) is 110 Å². The summed E-state index contributed by atoms with van der Waals surface area (Å²) in [6.07, 6.45) is 0.479. The van der Waals surface area contributed by atoms with Crippen molar-refractivity contribution in [2.45, 2.75) is 83.8 Å². The third kappa shape index (κ3) is 6.11. The van der Waals surface area contributed by atoms with Crippen molar-refractivity contribution >= 4 is 27.0 Å². The summed E-state index contributed by atoms with van der Waals surface area (Å²) in [5, 5.41) is 24.0. The molecule has 0 heterocycles. The Labute approximate surface area is 239 Å². The number of aliphatic hydroxyl groups excluding tert-OH is 2. The van der Waals surface area contributed by atoms with Crippen molar-refractivity contribution in [3.05, 3.63) is 84.5 Å². The summed E-state index contributed by atoms with van der Waals surface area (Å²) in [4.78, 5) is 0. The van der Waals surface area contributed by atoms with Crippen molar-refractivity contribution in [3.8, 4) is 0 Å². The van der Waals surface area contributed by atoms with Crippen molar-refractivity contribution in [2.75, 3.05) is 13.2 Å². The molecule has 3 rings (SSSR count). The normalized spacial score (nSPS) is 21.8. The summed E-state index contributed by atoms with van der Waals surface area (Å²) in [7, 11) is -4.97. The van der Waals surface area contributed by atoms with Gasteiger partial charge in [-0.3, -0.25) is 0 Å². The standard InChI is InChI=1S/C33H50O4Si2/c1-11-29(35)30-24(2)31(37-38(9,10)32(3,4)5)28(27(30)22-34)23-36-39(33(6,7)8,25-18-14-12-15-19-25)26-20-16-13-17-21-26/h11-21,27-29,31,34-35H,1,22-23H2,2-10H3/t27-,28+,29+,31-/m0/s1. The first-order chi connectivity index (χ1) is 18.1. The number of rotatable bonds is 10. The monoisotopic (exact) mass is 566 g/mol. The highest BCUT2D eigenvalue weighted by atomic mass is 28.4. The van der Waals surface area contributed by atoms with E-state index in [0.717, 1.165) is 11.1 Å². The Hall–Kier alpha value is -1.81. The van der Waals surface area contributed by atoms with Crippen molar-refractivity contribution in [1.82, 2.24) is 0 Å². The molecule has 4 atom stereocenters. The van der Waals surface area contributed by atoms with E-state index in [1.54, 1.807) is 6.08 Å². The van der Waals surface area contributed by atoms with E-state index in [1.807, 2.05) is 19.1 Å². The summed E-state index contributed by atoms with van der Waals surface area (Å²) >= 11 is 0. The quantitative estimate of drug-likeness (QED) is 0.271. The lowest BCUT2D eigenvalue weighted by molar-refractivity contribution is 0.0693. The van der Waals surface area contributed by atoms with E-state index in [1.165, 1.54) is 10.4 Å². The fourth-order valence-corrected chi connectivity index (χ4v) is 11.8. The van der Waals surface area contributed by atoms with Crippen LogP contribution in [0.4, 0.5) is 0 Å². The van der Waals surface area contributed by atoms with Gasteiger partial charge in [-0.15, -0.1) is 6.58 Å². The Morgan fingerprint density at radius 1 is 0.897 bits per heavy atom. The van der Waals surface area contributed by atoms with E-state index >= 15 is 0 Å². The van der Waals surface area contributed by atoms with Gasteiger partial charge in [0.05, 0.1) is 18.8 Å².